The van der Waals surface area contributed by atoms with E-state index in [-0.39, 0.29) is 5.56 Å². The molecule has 1 aromatic carbocycles. The van der Waals surface area contributed by atoms with Gasteiger partial charge in [-0.15, -0.1) is 11.3 Å². The van der Waals surface area contributed by atoms with Crippen LogP contribution in [0.2, 0.25) is 0 Å². The Morgan fingerprint density at radius 2 is 2.07 bits per heavy atom. The number of nitrogens with one attached hydrogen (secondary N) is 1. The molecule has 0 amide bonds. The van der Waals surface area contributed by atoms with Crippen LogP contribution in [0.4, 0.5) is 0 Å². The lowest BCUT2D eigenvalue weighted by atomic mass is 10.1. The van der Waals surface area contributed by atoms with Crippen molar-refractivity contribution in [2.24, 2.45) is 0 Å². The lowest BCUT2D eigenvalue weighted by Crippen LogP contribution is -2.03. The largest absolute Gasteiger partial charge is 0.321 e. The molecular weight excluding hydrogens is 206 g/mol. The SMILES string of the molecule is Cc1ccc2[nH]c(=O)c3sccc3c2c1. The van der Waals surface area contributed by atoms with E-state index in [0.717, 1.165) is 21.0 Å². The summed E-state index contributed by atoms with van der Waals surface area (Å²) in [5, 5.41) is 4.15. The molecule has 2 heterocycles. The van der Waals surface area contributed by atoms with Crippen molar-refractivity contribution < 1.29 is 0 Å². The molecule has 3 rings (SSSR count). The van der Waals surface area contributed by atoms with Crippen LogP contribution < -0.4 is 5.56 Å². The van der Waals surface area contributed by atoms with Crippen molar-refractivity contribution in [1.29, 1.82) is 0 Å². The fraction of sp³-hybridized carbons (Fsp3) is 0.0833. The summed E-state index contributed by atoms with van der Waals surface area (Å²) in [6.07, 6.45) is 0. The van der Waals surface area contributed by atoms with Crippen molar-refractivity contribution >= 4 is 32.3 Å². The van der Waals surface area contributed by atoms with E-state index >= 15 is 0 Å². The number of thiophene rings is 1. The van der Waals surface area contributed by atoms with Gasteiger partial charge in [-0.1, -0.05) is 11.6 Å². The van der Waals surface area contributed by atoms with Crippen molar-refractivity contribution in [3.8, 4) is 0 Å². The molecular formula is C12H9NOS. The maximum atomic E-state index is 11.7. The summed E-state index contributed by atoms with van der Waals surface area (Å²) in [7, 11) is 0. The molecule has 0 atom stereocenters. The van der Waals surface area contributed by atoms with E-state index < -0.39 is 0 Å². The third-order valence-corrected chi connectivity index (χ3v) is 3.50. The second-order valence-corrected chi connectivity index (χ2v) is 4.58. The molecule has 0 radical (unpaired) electrons. The number of fused-ring (bicyclic) bond motifs is 3. The number of hydrogen-bond donors (Lipinski definition) is 1. The van der Waals surface area contributed by atoms with Gasteiger partial charge in [-0.2, -0.15) is 0 Å². The zero-order chi connectivity index (χ0) is 10.4. The summed E-state index contributed by atoms with van der Waals surface area (Å²) < 4.78 is 0.813. The van der Waals surface area contributed by atoms with Crippen LogP contribution in [0.15, 0.2) is 34.4 Å². The van der Waals surface area contributed by atoms with Crippen LogP contribution in [-0.4, -0.2) is 4.98 Å². The number of aryl methyl sites for hydroxylation is 1. The first-order chi connectivity index (χ1) is 7.25. The average molecular weight is 215 g/mol. The first kappa shape index (κ1) is 8.68. The van der Waals surface area contributed by atoms with Gasteiger partial charge in [0.15, 0.2) is 0 Å². The molecule has 0 spiro atoms. The molecule has 15 heavy (non-hydrogen) atoms. The number of rotatable bonds is 0. The van der Waals surface area contributed by atoms with E-state index in [4.69, 9.17) is 0 Å². The van der Waals surface area contributed by atoms with Crippen molar-refractivity contribution in [2.75, 3.05) is 0 Å². The van der Waals surface area contributed by atoms with Crippen LogP contribution in [-0.2, 0) is 0 Å². The number of aromatic amines is 1. The number of hydrogen-bond acceptors (Lipinski definition) is 2. The van der Waals surface area contributed by atoms with E-state index in [2.05, 4.69) is 18.0 Å². The lowest BCUT2D eigenvalue weighted by Gasteiger charge is -2.00. The molecule has 0 saturated heterocycles. The molecule has 0 saturated carbocycles. The minimum absolute atomic E-state index is 0.0105. The molecule has 74 valence electrons. The molecule has 0 aliphatic rings. The van der Waals surface area contributed by atoms with Gasteiger partial charge in [0.05, 0.1) is 0 Å². The number of H-pyrrole nitrogens is 1. The Kier molecular flexibility index (Phi) is 1.70. The molecule has 0 fully saturated rings. The Balaban J connectivity index is 2.67. The minimum Gasteiger partial charge on any atom is -0.321 e. The molecule has 2 nitrogen and oxygen atoms in total. The molecule has 0 unspecified atom stereocenters. The predicted molar refractivity (Wildman–Crippen MR) is 64.7 cm³/mol. The Morgan fingerprint density at radius 3 is 2.93 bits per heavy atom. The van der Waals surface area contributed by atoms with Gasteiger partial charge in [-0.05, 0) is 30.5 Å². The van der Waals surface area contributed by atoms with Gasteiger partial charge in [0.25, 0.3) is 5.56 Å². The quantitative estimate of drug-likeness (QED) is 0.614. The lowest BCUT2D eigenvalue weighted by molar-refractivity contribution is 1.35. The zero-order valence-corrected chi connectivity index (χ0v) is 9.02. The van der Waals surface area contributed by atoms with Crippen molar-refractivity contribution in [3.05, 3.63) is 45.6 Å². The third kappa shape index (κ3) is 1.20. The highest BCUT2D eigenvalue weighted by atomic mass is 32.1. The smallest absolute Gasteiger partial charge is 0.266 e. The van der Waals surface area contributed by atoms with Crippen LogP contribution in [0.25, 0.3) is 21.0 Å². The van der Waals surface area contributed by atoms with Gasteiger partial charge in [0.2, 0.25) is 0 Å². The summed E-state index contributed by atoms with van der Waals surface area (Å²) in [6.45, 7) is 2.06. The molecule has 0 aliphatic heterocycles. The Labute approximate surface area is 90.2 Å². The number of aromatic nitrogens is 1. The van der Waals surface area contributed by atoms with Crippen LogP contribution in [0, 0.1) is 6.92 Å². The average Bonchev–Trinajstić information content (AvgIpc) is 2.69. The van der Waals surface area contributed by atoms with Crippen molar-refractivity contribution in [1.82, 2.24) is 4.98 Å². The highest BCUT2D eigenvalue weighted by molar-refractivity contribution is 7.17. The first-order valence-electron chi connectivity index (χ1n) is 4.75. The Hall–Kier alpha value is -1.61. The van der Waals surface area contributed by atoms with Crippen LogP contribution in [0.1, 0.15) is 5.56 Å². The Morgan fingerprint density at radius 1 is 1.20 bits per heavy atom. The standard InChI is InChI=1S/C12H9NOS/c1-7-2-3-10-9(6-7)8-4-5-15-11(8)12(14)13-10/h2-6H,1H3,(H,13,14). The van der Waals surface area contributed by atoms with Crippen LogP contribution >= 0.6 is 11.3 Å². The van der Waals surface area contributed by atoms with Crippen molar-refractivity contribution in [3.63, 3.8) is 0 Å². The Bertz CT molecular complexity index is 708. The highest BCUT2D eigenvalue weighted by Gasteiger charge is 2.05. The normalized spacial score (nSPS) is 11.3. The predicted octanol–water partition coefficient (Wildman–Crippen LogP) is 3.05. The molecule has 3 heteroatoms. The summed E-state index contributed by atoms with van der Waals surface area (Å²) in [5.74, 6) is 0. The fourth-order valence-electron chi connectivity index (χ4n) is 1.87. The van der Waals surface area contributed by atoms with Gasteiger partial charge >= 0.3 is 0 Å². The molecule has 2 aromatic heterocycles. The molecule has 3 aromatic rings. The van der Waals surface area contributed by atoms with E-state index in [1.165, 1.54) is 16.9 Å². The van der Waals surface area contributed by atoms with Crippen molar-refractivity contribution in [2.45, 2.75) is 6.92 Å². The van der Waals surface area contributed by atoms with E-state index in [1.807, 2.05) is 23.6 Å². The topological polar surface area (TPSA) is 32.9 Å². The van der Waals surface area contributed by atoms with E-state index in [0.29, 0.717) is 0 Å². The fourth-order valence-corrected chi connectivity index (χ4v) is 2.67. The molecule has 0 aliphatic carbocycles. The van der Waals surface area contributed by atoms with Crippen LogP contribution in [0.3, 0.4) is 0 Å². The monoisotopic (exact) mass is 215 g/mol. The summed E-state index contributed by atoms with van der Waals surface area (Å²) >= 11 is 1.49. The molecule has 1 N–H and O–H groups in total. The highest BCUT2D eigenvalue weighted by Crippen LogP contribution is 2.25. The summed E-state index contributed by atoms with van der Waals surface area (Å²) in [6, 6.07) is 8.09. The van der Waals surface area contributed by atoms with Gasteiger partial charge in [0, 0.05) is 16.3 Å². The summed E-state index contributed by atoms with van der Waals surface area (Å²) in [4.78, 5) is 14.6. The minimum atomic E-state index is 0.0105. The summed E-state index contributed by atoms with van der Waals surface area (Å²) in [5.41, 5.74) is 2.13. The number of benzene rings is 1. The second kappa shape index (κ2) is 2.94. The van der Waals surface area contributed by atoms with Crippen LogP contribution in [0.5, 0.6) is 0 Å². The molecule has 0 bridgehead atoms. The maximum absolute atomic E-state index is 11.7. The van der Waals surface area contributed by atoms with Gasteiger partial charge in [-0.25, -0.2) is 0 Å². The van der Waals surface area contributed by atoms with Gasteiger partial charge in [-0.3, -0.25) is 4.79 Å². The van der Waals surface area contributed by atoms with Gasteiger partial charge in [0.1, 0.15) is 4.70 Å². The first-order valence-corrected chi connectivity index (χ1v) is 5.63. The van der Waals surface area contributed by atoms with E-state index in [9.17, 15) is 4.79 Å². The number of pyridine rings is 1. The maximum Gasteiger partial charge on any atom is 0.266 e. The second-order valence-electron chi connectivity index (χ2n) is 3.67. The zero-order valence-electron chi connectivity index (χ0n) is 8.20. The van der Waals surface area contributed by atoms with Gasteiger partial charge < -0.3 is 4.98 Å². The third-order valence-electron chi connectivity index (χ3n) is 2.58. The van der Waals surface area contributed by atoms with E-state index in [1.54, 1.807) is 0 Å².